The molecule has 5 nitrogen and oxygen atoms in total. The van der Waals surface area contributed by atoms with Gasteiger partial charge < -0.3 is 19.7 Å². The highest BCUT2D eigenvalue weighted by Crippen LogP contribution is 2.37. The molecule has 0 atom stereocenters. The van der Waals surface area contributed by atoms with Crippen LogP contribution in [0.1, 0.15) is 40.4 Å². The third-order valence-corrected chi connectivity index (χ3v) is 4.15. The number of methoxy groups -OCH3 is 2. The normalized spacial score (nSPS) is 10.8. The van der Waals surface area contributed by atoms with Crippen LogP contribution in [0.4, 0.5) is 0 Å². The van der Waals surface area contributed by atoms with Crippen molar-refractivity contribution in [3.05, 3.63) is 64.7 Å². The average Bonchev–Trinajstić information content (AvgIpc) is 2.65. The first-order valence-corrected chi connectivity index (χ1v) is 8.50. The molecule has 0 aliphatic carbocycles. The zero-order chi connectivity index (χ0) is 20.0. The molecule has 0 saturated heterocycles. The van der Waals surface area contributed by atoms with Crippen LogP contribution >= 0.6 is 0 Å². The van der Waals surface area contributed by atoms with Crippen LogP contribution < -0.4 is 4.74 Å². The summed E-state index contributed by atoms with van der Waals surface area (Å²) in [5.41, 5.74) is 2.90. The third-order valence-electron chi connectivity index (χ3n) is 4.15. The Balaban J connectivity index is 2.54. The van der Waals surface area contributed by atoms with E-state index in [9.17, 15) is 15.0 Å². The van der Waals surface area contributed by atoms with Gasteiger partial charge in [-0.15, -0.1) is 6.58 Å². The van der Waals surface area contributed by atoms with Gasteiger partial charge >= 0.3 is 5.97 Å². The molecule has 0 heterocycles. The molecule has 0 aliphatic heterocycles. The van der Waals surface area contributed by atoms with Crippen molar-refractivity contribution in [2.24, 2.45) is 0 Å². The second kappa shape index (κ2) is 8.94. The summed E-state index contributed by atoms with van der Waals surface area (Å²) in [6.07, 6.45) is 4.63. The molecule has 2 aromatic carbocycles. The van der Waals surface area contributed by atoms with E-state index in [0.29, 0.717) is 29.7 Å². The number of ether oxygens (including phenoxy) is 2. The Labute approximate surface area is 159 Å². The van der Waals surface area contributed by atoms with E-state index >= 15 is 0 Å². The van der Waals surface area contributed by atoms with Gasteiger partial charge in [0.05, 0.1) is 14.2 Å². The molecule has 0 radical (unpaired) electrons. The van der Waals surface area contributed by atoms with E-state index in [1.165, 1.54) is 14.2 Å². The fourth-order valence-corrected chi connectivity index (χ4v) is 2.69. The maximum absolute atomic E-state index is 12.3. The van der Waals surface area contributed by atoms with Crippen LogP contribution in [0.3, 0.4) is 0 Å². The van der Waals surface area contributed by atoms with Gasteiger partial charge in [-0.1, -0.05) is 29.9 Å². The number of hydrogen-bond donors (Lipinski definition) is 2. The summed E-state index contributed by atoms with van der Waals surface area (Å²) >= 11 is 0. The van der Waals surface area contributed by atoms with Crippen LogP contribution in [0.15, 0.2) is 42.5 Å². The number of esters is 1. The molecule has 5 heteroatoms. The lowest BCUT2D eigenvalue weighted by molar-refractivity contribution is 0.0597. The third kappa shape index (κ3) is 4.91. The zero-order valence-corrected chi connectivity index (χ0v) is 15.8. The summed E-state index contributed by atoms with van der Waals surface area (Å²) < 4.78 is 10.3. The summed E-state index contributed by atoms with van der Waals surface area (Å²) in [5, 5.41) is 20.1. The van der Waals surface area contributed by atoms with Gasteiger partial charge in [-0.2, -0.15) is 0 Å². The molecule has 2 rings (SSSR count). The van der Waals surface area contributed by atoms with E-state index in [-0.39, 0.29) is 17.1 Å². The number of carbonyl (C=O) groups is 1. The number of phenolic OH excluding ortho intramolecular Hbond substituents is 2. The monoisotopic (exact) mass is 368 g/mol. The fourth-order valence-electron chi connectivity index (χ4n) is 2.69. The first-order chi connectivity index (χ1) is 12.9. The number of carbonyl (C=O) groups excluding carboxylic acids is 1. The summed E-state index contributed by atoms with van der Waals surface area (Å²) in [6.45, 7) is 5.78. The van der Waals surface area contributed by atoms with Crippen molar-refractivity contribution < 1.29 is 24.5 Å². The van der Waals surface area contributed by atoms with Gasteiger partial charge in [0.15, 0.2) is 0 Å². The Morgan fingerprint density at radius 3 is 2.37 bits per heavy atom. The number of benzene rings is 2. The van der Waals surface area contributed by atoms with Gasteiger partial charge in [-0.25, -0.2) is 4.79 Å². The topological polar surface area (TPSA) is 76.0 Å². The smallest absolute Gasteiger partial charge is 0.342 e. The van der Waals surface area contributed by atoms with Crippen molar-refractivity contribution in [1.82, 2.24) is 0 Å². The number of phenols is 2. The van der Waals surface area contributed by atoms with Gasteiger partial charge in [0.25, 0.3) is 0 Å². The molecule has 27 heavy (non-hydrogen) atoms. The van der Waals surface area contributed by atoms with E-state index in [1.54, 1.807) is 42.5 Å². The number of rotatable bonds is 7. The largest absolute Gasteiger partial charge is 0.508 e. The molecule has 0 bridgehead atoms. The van der Waals surface area contributed by atoms with E-state index in [2.05, 4.69) is 6.58 Å². The van der Waals surface area contributed by atoms with Crippen LogP contribution in [0.2, 0.25) is 0 Å². The lowest BCUT2D eigenvalue weighted by Gasteiger charge is -2.16. The molecular formula is C22H24O5. The molecule has 2 N–H and O–H groups in total. The second-order valence-corrected chi connectivity index (χ2v) is 6.24. The second-order valence-electron chi connectivity index (χ2n) is 6.24. The average molecular weight is 368 g/mol. The summed E-state index contributed by atoms with van der Waals surface area (Å²) in [4.78, 5) is 12.3. The van der Waals surface area contributed by atoms with Gasteiger partial charge in [-0.3, -0.25) is 0 Å². The minimum atomic E-state index is -0.628. The minimum Gasteiger partial charge on any atom is -0.508 e. The van der Waals surface area contributed by atoms with Crippen molar-refractivity contribution in [1.29, 1.82) is 0 Å². The van der Waals surface area contributed by atoms with Crippen LogP contribution in [0.5, 0.6) is 17.2 Å². The van der Waals surface area contributed by atoms with Crippen molar-refractivity contribution in [3.8, 4) is 17.2 Å². The number of aromatic hydroxyl groups is 2. The summed E-state index contributed by atoms with van der Waals surface area (Å²) in [7, 11) is 2.79. The molecule has 2 aromatic rings. The van der Waals surface area contributed by atoms with E-state index in [0.717, 1.165) is 11.1 Å². The van der Waals surface area contributed by atoms with Crippen molar-refractivity contribution in [2.45, 2.75) is 19.8 Å². The van der Waals surface area contributed by atoms with Gasteiger partial charge in [0, 0.05) is 5.56 Å². The van der Waals surface area contributed by atoms with Crippen molar-refractivity contribution >= 4 is 18.1 Å². The number of allylic oxidation sites excluding steroid dienone is 1. The van der Waals surface area contributed by atoms with E-state index in [4.69, 9.17) is 9.47 Å². The standard InChI is InChI=1S/C22H24O5/c1-14(2)5-12-18-19(26-3)13-16(20(21(18)24)22(25)27-4)9-6-15-7-10-17(23)11-8-15/h6-11,13,23-24H,1,5,12H2,2-4H3. The maximum atomic E-state index is 12.3. The van der Waals surface area contributed by atoms with Gasteiger partial charge in [0.2, 0.25) is 0 Å². The highest BCUT2D eigenvalue weighted by molar-refractivity contribution is 5.98. The quantitative estimate of drug-likeness (QED) is 0.425. The first-order valence-electron chi connectivity index (χ1n) is 8.50. The summed E-state index contributed by atoms with van der Waals surface area (Å²) in [5.74, 6) is -0.111. The highest BCUT2D eigenvalue weighted by Gasteiger charge is 2.22. The molecule has 0 spiro atoms. The molecule has 0 amide bonds. The maximum Gasteiger partial charge on any atom is 0.342 e. The fraction of sp³-hybridized carbons (Fsp3) is 0.227. The Bertz CT molecular complexity index is 863. The Kier molecular flexibility index (Phi) is 6.66. The van der Waals surface area contributed by atoms with Crippen LogP contribution in [-0.4, -0.2) is 30.4 Å². The van der Waals surface area contributed by atoms with Crippen molar-refractivity contribution in [2.75, 3.05) is 14.2 Å². The molecule has 142 valence electrons. The molecule has 0 unspecified atom stereocenters. The minimum absolute atomic E-state index is 0.0880. The predicted octanol–water partition coefficient (Wildman–Crippen LogP) is 4.57. The summed E-state index contributed by atoms with van der Waals surface area (Å²) in [6, 6.07) is 8.32. The molecule has 0 aromatic heterocycles. The van der Waals surface area contributed by atoms with E-state index in [1.807, 2.05) is 6.92 Å². The van der Waals surface area contributed by atoms with Crippen molar-refractivity contribution in [3.63, 3.8) is 0 Å². The molecule has 0 saturated carbocycles. The molecular weight excluding hydrogens is 344 g/mol. The van der Waals surface area contributed by atoms with Crippen LogP contribution in [-0.2, 0) is 11.2 Å². The zero-order valence-electron chi connectivity index (χ0n) is 15.8. The van der Waals surface area contributed by atoms with E-state index < -0.39 is 5.97 Å². The Morgan fingerprint density at radius 2 is 1.81 bits per heavy atom. The molecule has 0 fully saturated rings. The Hall–Kier alpha value is -3.21. The predicted molar refractivity (Wildman–Crippen MR) is 106 cm³/mol. The highest BCUT2D eigenvalue weighted by atomic mass is 16.5. The molecule has 0 aliphatic rings. The van der Waals surface area contributed by atoms with Crippen LogP contribution in [0, 0.1) is 0 Å². The Morgan fingerprint density at radius 1 is 1.15 bits per heavy atom. The first kappa shape index (κ1) is 20.1. The SMILES string of the molecule is C=C(C)CCc1c(OC)cc(C=Cc2ccc(O)cc2)c(C(=O)OC)c1O. The lowest BCUT2D eigenvalue weighted by Crippen LogP contribution is -2.07. The number of hydrogen-bond acceptors (Lipinski definition) is 5. The van der Waals surface area contributed by atoms with Gasteiger partial charge in [-0.05, 0) is 49.1 Å². The van der Waals surface area contributed by atoms with Crippen LogP contribution in [0.25, 0.3) is 12.2 Å². The lowest BCUT2D eigenvalue weighted by atomic mass is 9.96. The van der Waals surface area contributed by atoms with Gasteiger partial charge in [0.1, 0.15) is 22.8 Å².